The van der Waals surface area contributed by atoms with Gasteiger partial charge in [0, 0.05) is 6.04 Å². The van der Waals surface area contributed by atoms with Crippen LogP contribution in [0.4, 0.5) is 0 Å². The summed E-state index contributed by atoms with van der Waals surface area (Å²) in [4.78, 5) is 11.3. The van der Waals surface area contributed by atoms with Gasteiger partial charge in [0.15, 0.2) is 0 Å². The van der Waals surface area contributed by atoms with Crippen LogP contribution >= 0.6 is 0 Å². The summed E-state index contributed by atoms with van der Waals surface area (Å²) in [6.45, 7) is 10.6. The Bertz CT molecular complexity index is 271. The highest BCUT2D eigenvalue weighted by atomic mass is 16.1. The lowest BCUT2D eigenvalue weighted by Crippen LogP contribution is -2.56. The van der Waals surface area contributed by atoms with Gasteiger partial charge in [-0.2, -0.15) is 0 Å². The zero-order chi connectivity index (χ0) is 12.6. The van der Waals surface area contributed by atoms with Crippen LogP contribution in [-0.2, 0) is 4.79 Å². The van der Waals surface area contributed by atoms with E-state index >= 15 is 0 Å². The van der Waals surface area contributed by atoms with E-state index in [0.29, 0.717) is 17.4 Å². The number of carbonyl (C=O) groups is 1. The van der Waals surface area contributed by atoms with Crippen molar-refractivity contribution in [2.75, 3.05) is 0 Å². The van der Waals surface area contributed by atoms with Crippen LogP contribution in [-0.4, -0.2) is 17.5 Å². The molecule has 0 spiro atoms. The normalized spacial score (nSPS) is 30.1. The lowest BCUT2D eigenvalue weighted by molar-refractivity contribution is -0.123. The van der Waals surface area contributed by atoms with Crippen LogP contribution in [0.3, 0.4) is 0 Å². The Hall–Kier alpha value is -0.570. The molecule has 3 heteroatoms. The molecule has 94 valence electrons. The van der Waals surface area contributed by atoms with Gasteiger partial charge in [0.05, 0.1) is 5.54 Å². The highest BCUT2D eigenvalue weighted by molar-refractivity contribution is 5.83. The number of nitrogens with two attached hydrogens (primary N) is 1. The Labute approximate surface area is 99.2 Å². The fourth-order valence-electron chi connectivity index (χ4n) is 3.04. The first kappa shape index (κ1) is 13.5. The van der Waals surface area contributed by atoms with Crippen LogP contribution in [0.25, 0.3) is 0 Å². The summed E-state index contributed by atoms with van der Waals surface area (Å²) in [7, 11) is 0. The van der Waals surface area contributed by atoms with E-state index in [2.05, 4.69) is 26.1 Å². The fraction of sp³-hybridized carbons (Fsp3) is 0.923. The van der Waals surface area contributed by atoms with Crippen LogP contribution < -0.4 is 11.1 Å². The molecule has 3 N–H and O–H groups in total. The Morgan fingerprint density at radius 3 is 2.38 bits per heavy atom. The maximum absolute atomic E-state index is 11.3. The largest absolute Gasteiger partial charge is 0.368 e. The van der Waals surface area contributed by atoms with Crippen molar-refractivity contribution in [1.82, 2.24) is 5.32 Å². The van der Waals surface area contributed by atoms with Gasteiger partial charge in [-0.3, -0.25) is 4.79 Å². The van der Waals surface area contributed by atoms with E-state index in [9.17, 15) is 4.79 Å². The highest BCUT2D eigenvalue weighted by Crippen LogP contribution is 2.38. The number of carbonyl (C=O) groups excluding carboxylic acids is 1. The van der Waals surface area contributed by atoms with E-state index in [1.165, 1.54) is 6.42 Å². The van der Waals surface area contributed by atoms with Crippen molar-refractivity contribution in [3.8, 4) is 0 Å². The lowest BCUT2D eigenvalue weighted by Gasteiger charge is -2.42. The average molecular weight is 226 g/mol. The third-order valence-corrected chi connectivity index (χ3v) is 3.57. The molecule has 0 aliphatic heterocycles. The number of hydrogen-bond donors (Lipinski definition) is 2. The third kappa shape index (κ3) is 3.48. The second-order valence-corrected chi connectivity index (χ2v) is 6.74. The molecule has 1 aliphatic rings. The zero-order valence-corrected chi connectivity index (χ0v) is 11.3. The molecule has 0 aromatic carbocycles. The molecule has 2 atom stereocenters. The quantitative estimate of drug-likeness (QED) is 0.774. The molecular weight excluding hydrogens is 200 g/mol. The van der Waals surface area contributed by atoms with Crippen molar-refractivity contribution in [2.45, 2.75) is 65.5 Å². The Morgan fingerprint density at radius 1 is 1.38 bits per heavy atom. The first-order chi connectivity index (χ1) is 7.12. The molecule has 0 radical (unpaired) electrons. The van der Waals surface area contributed by atoms with Gasteiger partial charge in [-0.15, -0.1) is 0 Å². The molecule has 1 rings (SSSR count). The van der Waals surface area contributed by atoms with Crippen LogP contribution in [0.15, 0.2) is 0 Å². The molecule has 2 unspecified atom stereocenters. The van der Waals surface area contributed by atoms with Gasteiger partial charge in [-0.05, 0) is 44.4 Å². The SMILES string of the molecule is CC1CC(NC(C)(C)C(N)=O)CC(C)(C)C1. The lowest BCUT2D eigenvalue weighted by atomic mass is 9.70. The number of hydrogen-bond acceptors (Lipinski definition) is 2. The predicted molar refractivity (Wildman–Crippen MR) is 67.0 cm³/mol. The Kier molecular flexibility index (Phi) is 3.68. The van der Waals surface area contributed by atoms with Gasteiger partial charge in [-0.1, -0.05) is 20.8 Å². The molecule has 0 aromatic heterocycles. The molecule has 0 saturated heterocycles. The summed E-state index contributed by atoms with van der Waals surface area (Å²) < 4.78 is 0. The first-order valence-electron chi connectivity index (χ1n) is 6.20. The zero-order valence-electron chi connectivity index (χ0n) is 11.3. The third-order valence-electron chi connectivity index (χ3n) is 3.57. The standard InChI is InChI=1S/C13H26N2O/c1-9-6-10(8-12(2,3)7-9)15-13(4,5)11(14)16/h9-10,15H,6-8H2,1-5H3,(H2,14,16). The summed E-state index contributed by atoms with van der Waals surface area (Å²) in [5.41, 5.74) is 5.15. The number of amides is 1. The van der Waals surface area contributed by atoms with Crippen molar-refractivity contribution in [3.05, 3.63) is 0 Å². The molecule has 0 heterocycles. The highest BCUT2D eigenvalue weighted by Gasteiger charge is 2.36. The van der Waals surface area contributed by atoms with E-state index in [1.54, 1.807) is 0 Å². The molecule has 1 aliphatic carbocycles. The van der Waals surface area contributed by atoms with Crippen LogP contribution in [0.2, 0.25) is 0 Å². The predicted octanol–water partition coefficient (Wildman–Crippen LogP) is 2.05. The Morgan fingerprint density at radius 2 is 1.94 bits per heavy atom. The van der Waals surface area contributed by atoms with Crippen molar-refractivity contribution >= 4 is 5.91 Å². The molecular formula is C13H26N2O. The second-order valence-electron chi connectivity index (χ2n) is 6.74. The van der Waals surface area contributed by atoms with Gasteiger partial charge in [0.1, 0.15) is 0 Å². The average Bonchev–Trinajstić information content (AvgIpc) is 1.97. The van der Waals surface area contributed by atoms with Gasteiger partial charge >= 0.3 is 0 Å². The first-order valence-corrected chi connectivity index (χ1v) is 6.20. The second kappa shape index (κ2) is 4.36. The summed E-state index contributed by atoms with van der Waals surface area (Å²) in [6.07, 6.45) is 3.52. The molecule has 3 nitrogen and oxygen atoms in total. The van der Waals surface area contributed by atoms with E-state index in [1.807, 2.05) is 13.8 Å². The monoisotopic (exact) mass is 226 g/mol. The van der Waals surface area contributed by atoms with Gasteiger partial charge in [0.25, 0.3) is 0 Å². The molecule has 1 amide bonds. The maximum Gasteiger partial charge on any atom is 0.237 e. The van der Waals surface area contributed by atoms with Gasteiger partial charge in [0.2, 0.25) is 5.91 Å². The number of primary amides is 1. The number of rotatable bonds is 3. The van der Waals surface area contributed by atoms with E-state index < -0.39 is 5.54 Å². The fourth-order valence-corrected chi connectivity index (χ4v) is 3.04. The van der Waals surface area contributed by atoms with E-state index in [4.69, 9.17) is 5.73 Å². The molecule has 1 fully saturated rings. The van der Waals surface area contributed by atoms with Crippen molar-refractivity contribution in [1.29, 1.82) is 0 Å². The van der Waals surface area contributed by atoms with E-state index in [-0.39, 0.29) is 5.91 Å². The van der Waals surface area contributed by atoms with Crippen LogP contribution in [0, 0.1) is 11.3 Å². The summed E-state index contributed by atoms with van der Waals surface area (Å²) in [6, 6.07) is 0.404. The Balaban J connectivity index is 2.64. The topological polar surface area (TPSA) is 55.1 Å². The minimum absolute atomic E-state index is 0.275. The summed E-state index contributed by atoms with van der Waals surface area (Å²) >= 11 is 0. The molecule has 0 aromatic rings. The van der Waals surface area contributed by atoms with Gasteiger partial charge in [-0.25, -0.2) is 0 Å². The van der Waals surface area contributed by atoms with Crippen molar-refractivity contribution < 1.29 is 4.79 Å². The van der Waals surface area contributed by atoms with Crippen molar-refractivity contribution in [3.63, 3.8) is 0 Å². The summed E-state index contributed by atoms with van der Waals surface area (Å²) in [5.74, 6) is 0.438. The molecule has 0 bridgehead atoms. The minimum Gasteiger partial charge on any atom is -0.368 e. The summed E-state index contributed by atoms with van der Waals surface area (Å²) in [5, 5.41) is 3.41. The number of nitrogens with one attached hydrogen (secondary N) is 1. The molecule has 1 saturated carbocycles. The molecule has 16 heavy (non-hydrogen) atoms. The van der Waals surface area contributed by atoms with Crippen LogP contribution in [0.1, 0.15) is 53.9 Å². The smallest absolute Gasteiger partial charge is 0.237 e. The van der Waals surface area contributed by atoms with E-state index in [0.717, 1.165) is 12.8 Å². The minimum atomic E-state index is -0.599. The van der Waals surface area contributed by atoms with Crippen LogP contribution in [0.5, 0.6) is 0 Å². The van der Waals surface area contributed by atoms with Crippen molar-refractivity contribution in [2.24, 2.45) is 17.1 Å². The van der Waals surface area contributed by atoms with Gasteiger partial charge < -0.3 is 11.1 Å². The maximum atomic E-state index is 11.3.